The van der Waals surface area contributed by atoms with Gasteiger partial charge in [-0.15, -0.1) is 11.3 Å². The standard InChI is InChI=1S/C12H13N3O2S/c16-11(10-1-7-17-9-10)14-3-5-15(6-4-14)12-13-2-8-18-12/h1-2,7-9H,3-6H2. The van der Waals surface area contributed by atoms with Crippen molar-refractivity contribution in [3.8, 4) is 0 Å². The normalized spacial score (nSPS) is 16.0. The van der Waals surface area contributed by atoms with Gasteiger partial charge in [-0.05, 0) is 6.07 Å². The number of aromatic nitrogens is 1. The van der Waals surface area contributed by atoms with E-state index in [0.29, 0.717) is 5.56 Å². The van der Waals surface area contributed by atoms with Gasteiger partial charge in [-0.25, -0.2) is 4.98 Å². The number of nitrogens with zero attached hydrogens (tertiary/aromatic N) is 3. The second-order valence-corrected chi connectivity index (χ2v) is 4.98. The fourth-order valence-electron chi connectivity index (χ4n) is 2.04. The van der Waals surface area contributed by atoms with Gasteiger partial charge in [0.1, 0.15) is 6.26 Å². The molecule has 6 heteroatoms. The zero-order valence-electron chi connectivity index (χ0n) is 9.78. The van der Waals surface area contributed by atoms with Crippen molar-refractivity contribution in [2.24, 2.45) is 0 Å². The highest BCUT2D eigenvalue weighted by atomic mass is 32.1. The number of furan rings is 1. The Balaban J connectivity index is 1.62. The SMILES string of the molecule is O=C(c1ccoc1)N1CCN(c2nccs2)CC1. The van der Waals surface area contributed by atoms with E-state index in [2.05, 4.69) is 9.88 Å². The number of piperazine rings is 1. The Kier molecular flexibility index (Phi) is 3.02. The van der Waals surface area contributed by atoms with E-state index in [1.807, 2.05) is 16.5 Å². The van der Waals surface area contributed by atoms with E-state index in [1.165, 1.54) is 12.5 Å². The van der Waals surface area contributed by atoms with Crippen LogP contribution in [-0.2, 0) is 0 Å². The number of thiazole rings is 1. The van der Waals surface area contributed by atoms with Crippen LogP contribution < -0.4 is 4.90 Å². The quantitative estimate of drug-likeness (QED) is 0.827. The molecule has 0 bridgehead atoms. The van der Waals surface area contributed by atoms with E-state index < -0.39 is 0 Å². The summed E-state index contributed by atoms with van der Waals surface area (Å²) in [6.45, 7) is 3.11. The van der Waals surface area contributed by atoms with Crippen LogP contribution in [0.4, 0.5) is 5.13 Å². The number of carbonyl (C=O) groups is 1. The van der Waals surface area contributed by atoms with Crippen LogP contribution in [0.3, 0.4) is 0 Å². The van der Waals surface area contributed by atoms with Crippen molar-refractivity contribution in [1.29, 1.82) is 0 Å². The highest BCUT2D eigenvalue weighted by Crippen LogP contribution is 2.19. The smallest absolute Gasteiger partial charge is 0.257 e. The molecule has 1 amide bonds. The summed E-state index contributed by atoms with van der Waals surface area (Å²) < 4.78 is 4.94. The molecule has 94 valence electrons. The van der Waals surface area contributed by atoms with Gasteiger partial charge in [0.25, 0.3) is 5.91 Å². The third-order valence-electron chi connectivity index (χ3n) is 3.02. The van der Waals surface area contributed by atoms with Crippen molar-refractivity contribution < 1.29 is 9.21 Å². The molecule has 0 saturated carbocycles. The molecule has 1 aliphatic heterocycles. The second kappa shape index (κ2) is 4.81. The van der Waals surface area contributed by atoms with E-state index >= 15 is 0 Å². The fourth-order valence-corrected chi connectivity index (χ4v) is 2.74. The van der Waals surface area contributed by atoms with Crippen LogP contribution in [-0.4, -0.2) is 42.0 Å². The van der Waals surface area contributed by atoms with Crippen LogP contribution in [0.25, 0.3) is 0 Å². The van der Waals surface area contributed by atoms with Crippen molar-refractivity contribution in [3.63, 3.8) is 0 Å². The summed E-state index contributed by atoms with van der Waals surface area (Å²) in [5.74, 6) is 0.0440. The van der Waals surface area contributed by atoms with Gasteiger partial charge in [0.05, 0.1) is 11.8 Å². The van der Waals surface area contributed by atoms with Gasteiger partial charge < -0.3 is 14.2 Å². The molecule has 0 N–H and O–H groups in total. The molecule has 0 atom stereocenters. The molecule has 1 saturated heterocycles. The van der Waals surface area contributed by atoms with Crippen LogP contribution in [0.2, 0.25) is 0 Å². The minimum absolute atomic E-state index is 0.0440. The molecule has 0 radical (unpaired) electrons. The Morgan fingerprint density at radius 2 is 2.17 bits per heavy atom. The second-order valence-electron chi connectivity index (χ2n) is 4.11. The predicted molar refractivity (Wildman–Crippen MR) is 68.9 cm³/mol. The fraction of sp³-hybridized carbons (Fsp3) is 0.333. The first-order valence-electron chi connectivity index (χ1n) is 5.80. The summed E-state index contributed by atoms with van der Waals surface area (Å²) in [6.07, 6.45) is 4.83. The van der Waals surface area contributed by atoms with Crippen LogP contribution in [0, 0.1) is 0 Å². The number of amides is 1. The van der Waals surface area contributed by atoms with Gasteiger partial charge in [-0.2, -0.15) is 0 Å². The minimum Gasteiger partial charge on any atom is -0.472 e. The maximum Gasteiger partial charge on any atom is 0.257 e. The van der Waals surface area contributed by atoms with Gasteiger partial charge in [-0.3, -0.25) is 4.79 Å². The van der Waals surface area contributed by atoms with E-state index in [4.69, 9.17) is 4.42 Å². The molecule has 18 heavy (non-hydrogen) atoms. The molecule has 1 fully saturated rings. The summed E-state index contributed by atoms with van der Waals surface area (Å²) in [7, 11) is 0. The monoisotopic (exact) mass is 263 g/mol. The number of rotatable bonds is 2. The summed E-state index contributed by atoms with van der Waals surface area (Å²) in [4.78, 5) is 20.4. The Morgan fingerprint density at radius 1 is 1.33 bits per heavy atom. The van der Waals surface area contributed by atoms with Gasteiger partial charge in [0.15, 0.2) is 5.13 Å². The predicted octanol–water partition coefficient (Wildman–Crippen LogP) is 1.70. The third-order valence-corrected chi connectivity index (χ3v) is 3.86. The Morgan fingerprint density at radius 3 is 2.78 bits per heavy atom. The van der Waals surface area contributed by atoms with Crippen LogP contribution in [0.15, 0.2) is 34.6 Å². The first kappa shape index (κ1) is 11.3. The lowest BCUT2D eigenvalue weighted by Crippen LogP contribution is -2.48. The first-order chi connectivity index (χ1) is 8.84. The molecule has 2 aromatic rings. The first-order valence-corrected chi connectivity index (χ1v) is 6.68. The van der Waals surface area contributed by atoms with Crippen molar-refractivity contribution >= 4 is 22.4 Å². The number of carbonyl (C=O) groups excluding carboxylic acids is 1. The van der Waals surface area contributed by atoms with Gasteiger partial charge in [-0.1, -0.05) is 0 Å². The van der Waals surface area contributed by atoms with Crippen molar-refractivity contribution in [3.05, 3.63) is 35.7 Å². The zero-order valence-corrected chi connectivity index (χ0v) is 10.6. The summed E-state index contributed by atoms with van der Waals surface area (Å²) in [6, 6.07) is 1.70. The molecule has 0 spiro atoms. The lowest BCUT2D eigenvalue weighted by atomic mass is 10.2. The van der Waals surface area contributed by atoms with Crippen molar-refractivity contribution in [2.75, 3.05) is 31.1 Å². The summed E-state index contributed by atoms with van der Waals surface area (Å²) in [5, 5.41) is 3.00. The van der Waals surface area contributed by atoms with Gasteiger partial charge in [0.2, 0.25) is 0 Å². The van der Waals surface area contributed by atoms with Gasteiger partial charge >= 0.3 is 0 Å². The van der Waals surface area contributed by atoms with E-state index in [-0.39, 0.29) is 5.91 Å². The number of anilines is 1. The minimum atomic E-state index is 0.0440. The molecule has 5 nitrogen and oxygen atoms in total. The average Bonchev–Trinajstić information content (AvgIpc) is 3.11. The van der Waals surface area contributed by atoms with Crippen molar-refractivity contribution in [1.82, 2.24) is 9.88 Å². The molecule has 3 rings (SSSR count). The van der Waals surface area contributed by atoms with E-state index in [9.17, 15) is 4.79 Å². The molecule has 0 aliphatic carbocycles. The van der Waals surface area contributed by atoms with Crippen molar-refractivity contribution in [2.45, 2.75) is 0 Å². The maximum atomic E-state index is 12.1. The lowest BCUT2D eigenvalue weighted by molar-refractivity contribution is 0.0746. The largest absolute Gasteiger partial charge is 0.472 e. The Hall–Kier alpha value is -1.82. The molecule has 0 unspecified atom stereocenters. The lowest BCUT2D eigenvalue weighted by Gasteiger charge is -2.34. The molecule has 2 aromatic heterocycles. The number of hydrogen-bond acceptors (Lipinski definition) is 5. The van der Waals surface area contributed by atoms with Gasteiger partial charge in [0, 0.05) is 37.8 Å². The topological polar surface area (TPSA) is 49.6 Å². The molecule has 3 heterocycles. The molecule has 1 aliphatic rings. The summed E-state index contributed by atoms with van der Waals surface area (Å²) >= 11 is 1.63. The van der Waals surface area contributed by atoms with E-state index in [1.54, 1.807) is 17.4 Å². The highest BCUT2D eigenvalue weighted by Gasteiger charge is 2.23. The van der Waals surface area contributed by atoms with E-state index in [0.717, 1.165) is 31.3 Å². The van der Waals surface area contributed by atoms with Crippen LogP contribution in [0.5, 0.6) is 0 Å². The average molecular weight is 263 g/mol. The molecular weight excluding hydrogens is 250 g/mol. The Labute approximate surface area is 109 Å². The third kappa shape index (κ3) is 2.11. The molecular formula is C12H13N3O2S. The zero-order chi connectivity index (χ0) is 12.4. The van der Waals surface area contributed by atoms with Crippen LogP contribution >= 0.6 is 11.3 Å². The summed E-state index contributed by atoms with van der Waals surface area (Å²) in [5.41, 5.74) is 0.623. The maximum absolute atomic E-state index is 12.1. The highest BCUT2D eigenvalue weighted by molar-refractivity contribution is 7.13. The Bertz CT molecular complexity index is 501. The number of hydrogen-bond donors (Lipinski definition) is 0. The molecule has 0 aromatic carbocycles. The van der Waals surface area contributed by atoms with Crippen LogP contribution in [0.1, 0.15) is 10.4 Å².